The molecule has 0 radical (unpaired) electrons. The zero-order valence-corrected chi connectivity index (χ0v) is 15.7. The summed E-state index contributed by atoms with van der Waals surface area (Å²) in [4.78, 5) is 2.44. The van der Waals surface area contributed by atoms with E-state index >= 15 is 0 Å². The molecule has 26 heavy (non-hydrogen) atoms. The molecule has 2 aromatic rings. The summed E-state index contributed by atoms with van der Waals surface area (Å²) >= 11 is 6.04. The van der Waals surface area contributed by atoms with E-state index in [0.717, 1.165) is 37.4 Å². The van der Waals surface area contributed by atoms with E-state index in [-0.39, 0.29) is 11.9 Å². The highest BCUT2D eigenvalue weighted by Crippen LogP contribution is 2.20. The van der Waals surface area contributed by atoms with Crippen molar-refractivity contribution < 1.29 is 9.13 Å². The van der Waals surface area contributed by atoms with E-state index in [1.165, 1.54) is 24.1 Å². The summed E-state index contributed by atoms with van der Waals surface area (Å²) in [5.41, 5.74) is 7.50. The highest BCUT2D eigenvalue weighted by molar-refractivity contribution is 6.30. The highest BCUT2D eigenvalue weighted by Gasteiger charge is 2.25. The Kier molecular flexibility index (Phi) is 6.89. The van der Waals surface area contributed by atoms with Gasteiger partial charge in [-0.05, 0) is 62.1 Å². The molecule has 1 heterocycles. The second-order valence-electron chi connectivity index (χ2n) is 6.98. The van der Waals surface area contributed by atoms with Gasteiger partial charge in [0.1, 0.15) is 18.2 Å². The van der Waals surface area contributed by atoms with Crippen molar-refractivity contribution in [3.8, 4) is 5.75 Å². The van der Waals surface area contributed by atoms with Crippen molar-refractivity contribution in [3.05, 3.63) is 64.9 Å². The molecule has 0 aromatic heterocycles. The van der Waals surface area contributed by atoms with E-state index in [0.29, 0.717) is 18.4 Å². The van der Waals surface area contributed by atoms with Crippen LogP contribution in [0.5, 0.6) is 5.75 Å². The molecule has 3 nitrogen and oxygen atoms in total. The van der Waals surface area contributed by atoms with Crippen LogP contribution in [-0.4, -0.2) is 36.7 Å². The second kappa shape index (κ2) is 9.36. The minimum absolute atomic E-state index is 0.110. The van der Waals surface area contributed by atoms with Gasteiger partial charge >= 0.3 is 0 Å². The highest BCUT2D eigenvalue weighted by atomic mass is 35.5. The SMILES string of the molecule is N[C@@H](CCN1CCC[C@H]1COc1cccc(F)c1)Cc1cccc(Cl)c1. The van der Waals surface area contributed by atoms with Gasteiger partial charge in [0.15, 0.2) is 0 Å². The quantitative estimate of drug-likeness (QED) is 0.747. The summed E-state index contributed by atoms with van der Waals surface area (Å²) in [6.45, 7) is 2.62. The van der Waals surface area contributed by atoms with Gasteiger partial charge in [0.2, 0.25) is 0 Å². The normalized spacial score (nSPS) is 18.8. The Morgan fingerprint density at radius 1 is 1.23 bits per heavy atom. The molecule has 0 spiro atoms. The van der Waals surface area contributed by atoms with Crippen LogP contribution in [0.25, 0.3) is 0 Å². The molecule has 3 rings (SSSR count). The number of hydrogen-bond donors (Lipinski definition) is 1. The first-order chi connectivity index (χ1) is 12.6. The number of nitrogens with zero attached hydrogens (tertiary/aromatic N) is 1. The summed E-state index contributed by atoms with van der Waals surface area (Å²) in [6.07, 6.45) is 4.04. The first-order valence-corrected chi connectivity index (χ1v) is 9.60. The summed E-state index contributed by atoms with van der Waals surface area (Å²) in [7, 11) is 0. The third-order valence-electron chi connectivity index (χ3n) is 4.91. The fraction of sp³-hybridized carbons (Fsp3) is 0.429. The Balaban J connectivity index is 1.44. The van der Waals surface area contributed by atoms with E-state index in [1.54, 1.807) is 12.1 Å². The lowest BCUT2D eigenvalue weighted by Crippen LogP contribution is -2.37. The Hall–Kier alpha value is -1.62. The van der Waals surface area contributed by atoms with Gasteiger partial charge in [-0.1, -0.05) is 29.8 Å². The van der Waals surface area contributed by atoms with Gasteiger partial charge in [0.25, 0.3) is 0 Å². The maximum absolute atomic E-state index is 13.2. The maximum atomic E-state index is 13.2. The maximum Gasteiger partial charge on any atom is 0.126 e. The lowest BCUT2D eigenvalue weighted by Gasteiger charge is -2.26. The van der Waals surface area contributed by atoms with Crippen molar-refractivity contribution in [1.82, 2.24) is 4.90 Å². The first kappa shape index (κ1) is 19.2. The van der Waals surface area contributed by atoms with Gasteiger partial charge in [-0.3, -0.25) is 4.90 Å². The van der Waals surface area contributed by atoms with E-state index in [1.807, 2.05) is 18.2 Å². The van der Waals surface area contributed by atoms with Gasteiger partial charge < -0.3 is 10.5 Å². The zero-order chi connectivity index (χ0) is 18.4. The molecule has 0 unspecified atom stereocenters. The third-order valence-corrected chi connectivity index (χ3v) is 5.15. The zero-order valence-electron chi connectivity index (χ0n) is 14.9. The molecule has 1 aliphatic heterocycles. The number of hydrogen-bond acceptors (Lipinski definition) is 3. The number of ether oxygens (including phenoxy) is 1. The topological polar surface area (TPSA) is 38.5 Å². The average molecular weight is 377 g/mol. The lowest BCUT2D eigenvalue weighted by molar-refractivity contribution is 0.168. The van der Waals surface area contributed by atoms with Crippen molar-refractivity contribution in [2.24, 2.45) is 5.73 Å². The van der Waals surface area contributed by atoms with Crippen LogP contribution in [0.3, 0.4) is 0 Å². The number of likely N-dealkylation sites (tertiary alicyclic amines) is 1. The van der Waals surface area contributed by atoms with E-state index in [2.05, 4.69) is 11.0 Å². The Bertz CT molecular complexity index is 712. The van der Waals surface area contributed by atoms with Crippen LogP contribution in [0.4, 0.5) is 4.39 Å². The van der Waals surface area contributed by atoms with Crippen LogP contribution in [0.15, 0.2) is 48.5 Å². The number of nitrogens with two attached hydrogens (primary N) is 1. The first-order valence-electron chi connectivity index (χ1n) is 9.22. The molecular formula is C21H26ClFN2O. The third kappa shape index (κ3) is 5.70. The van der Waals surface area contributed by atoms with Crippen LogP contribution in [0, 0.1) is 5.82 Å². The van der Waals surface area contributed by atoms with E-state index in [4.69, 9.17) is 22.1 Å². The molecule has 5 heteroatoms. The summed E-state index contributed by atoms with van der Waals surface area (Å²) in [6, 6.07) is 14.7. The van der Waals surface area contributed by atoms with Gasteiger partial charge in [-0.25, -0.2) is 4.39 Å². The molecule has 0 saturated carbocycles. The van der Waals surface area contributed by atoms with Crippen molar-refractivity contribution in [2.75, 3.05) is 19.7 Å². The molecule has 140 valence electrons. The largest absolute Gasteiger partial charge is 0.492 e. The molecule has 1 fully saturated rings. The van der Waals surface area contributed by atoms with Gasteiger partial charge in [0, 0.05) is 29.7 Å². The average Bonchev–Trinajstić information content (AvgIpc) is 3.06. The Morgan fingerprint density at radius 2 is 2.08 bits per heavy atom. The molecule has 1 saturated heterocycles. The van der Waals surface area contributed by atoms with Gasteiger partial charge in [-0.15, -0.1) is 0 Å². The number of halogens is 2. The molecule has 2 atom stereocenters. The van der Waals surface area contributed by atoms with Crippen molar-refractivity contribution in [1.29, 1.82) is 0 Å². The van der Waals surface area contributed by atoms with E-state index in [9.17, 15) is 4.39 Å². The predicted octanol–water partition coefficient (Wildman–Crippen LogP) is 4.28. The van der Waals surface area contributed by atoms with Crippen molar-refractivity contribution in [2.45, 2.75) is 37.8 Å². The molecule has 2 aromatic carbocycles. The number of rotatable bonds is 8. The molecule has 2 N–H and O–H groups in total. The van der Waals surface area contributed by atoms with Crippen LogP contribution in [0.2, 0.25) is 5.02 Å². The summed E-state index contributed by atoms with van der Waals surface area (Å²) < 4.78 is 19.0. The molecule has 0 aliphatic carbocycles. The molecular weight excluding hydrogens is 351 g/mol. The van der Waals surface area contributed by atoms with Crippen LogP contribution in [-0.2, 0) is 6.42 Å². The van der Waals surface area contributed by atoms with Crippen LogP contribution < -0.4 is 10.5 Å². The molecule has 0 amide bonds. The predicted molar refractivity (Wildman–Crippen MR) is 104 cm³/mol. The smallest absolute Gasteiger partial charge is 0.126 e. The minimum Gasteiger partial charge on any atom is -0.492 e. The fourth-order valence-electron chi connectivity index (χ4n) is 3.53. The summed E-state index contributed by atoms with van der Waals surface area (Å²) in [5, 5.41) is 0.754. The fourth-order valence-corrected chi connectivity index (χ4v) is 3.74. The van der Waals surface area contributed by atoms with Gasteiger partial charge in [-0.2, -0.15) is 0 Å². The van der Waals surface area contributed by atoms with Crippen molar-refractivity contribution in [3.63, 3.8) is 0 Å². The second-order valence-corrected chi connectivity index (χ2v) is 7.42. The van der Waals surface area contributed by atoms with Crippen molar-refractivity contribution >= 4 is 11.6 Å². The Labute approximate surface area is 159 Å². The monoisotopic (exact) mass is 376 g/mol. The van der Waals surface area contributed by atoms with Gasteiger partial charge in [0.05, 0.1) is 0 Å². The standard InChI is InChI=1S/C21H26ClFN2O/c22-17-5-1-4-16(12-17)13-19(24)9-11-25-10-3-7-20(25)15-26-21-8-2-6-18(23)14-21/h1-2,4-6,8,12,14,19-20H,3,7,9-11,13,15,24H2/t19-,20-/m0/s1. The molecule has 0 bridgehead atoms. The van der Waals surface area contributed by atoms with Crippen LogP contribution in [0.1, 0.15) is 24.8 Å². The Morgan fingerprint density at radius 3 is 2.88 bits per heavy atom. The summed E-state index contributed by atoms with van der Waals surface area (Å²) in [5.74, 6) is 0.326. The lowest BCUT2D eigenvalue weighted by atomic mass is 10.0. The van der Waals surface area contributed by atoms with E-state index < -0.39 is 0 Å². The molecule has 1 aliphatic rings. The van der Waals surface area contributed by atoms with Crippen LogP contribution >= 0.6 is 11.6 Å². The number of benzene rings is 2. The minimum atomic E-state index is -0.266.